The molecule has 0 heterocycles. The molecular weight excluding hydrogens is 786 g/mol. The molecule has 0 fully saturated rings. The molecule has 46 heavy (non-hydrogen) atoms. The number of aryl methyl sites for hydroxylation is 2. The van der Waals surface area contributed by atoms with E-state index in [1.165, 1.54) is 50.3 Å². The summed E-state index contributed by atoms with van der Waals surface area (Å²) in [7, 11) is -9.75. The molecule has 0 amide bonds. The van der Waals surface area contributed by atoms with Crippen LogP contribution in [0.25, 0.3) is 0 Å². The molecule has 0 aliphatic heterocycles. The lowest BCUT2D eigenvalue weighted by Crippen LogP contribution is -2.68. The molecular formula is C33H29Cl2IO8S2. The van der Waals surface area contributed by atoms with Gasteiger partial charge in [0.15, 0.2) is 14.7 Å². The smallest absolute Gasteiger partial charge is 0.166 e. The SMILES string of the molecule is Cc1cc(C)c(I)c(Cc2ccc(Sc3ccc([S+](c4ccccc4)c4ccccc4)cc3)cc2)c1.[O-][Cl+3]([O-])([O-])O.[O-][Cl+3]([O-])([O-])[O-]. The van der Waals surface area contributed by atoms with E-state index in [9.17, 15) is 0 Å². The highest BCUT2D eigenvalue weighted by atomic mass is 127. The second-order valence-corrected chi connectivity index (χ2v) is 15.5. The van der Waals surface area contributed by atoms with Crippen LogP contribution in [0.3, 0.4) is 0 Å². The summed E-state index contributed by atoms with van der Waals surface area (Å²) in [6.07, 6.45) is 0.974. The predicted octanol–water partition coefficient (Wildman–Crippen LogP) is 0.865. The number of benzene rings is 5. The molecule has 8 nitrogen and oxygen atoms in total. The summed E-state index contributed by atoms with van der Waals surface area (Å²) >= 11 is 4.31. The minimum absolute atomic E-state index is 0.107. The maximum atomic E-state index is 8.60. The maximum Gasteiger partial charge on any atom is 0.166 e. The average molecular weight is 816 g/mol. The first-order valence-corrected chi connectivity index (χ1v) is 18.9. The van der Waals surface area contributed by atoms with Gasteiger partial charge in [-0.3, -0.25) is 0 Å². The van der Waals surface area contributed by atoms with Gasteiger partial charge in [-0.15, -0.1) is 10.2 Å². The first-order chi connectivity index (χ1) is 21.6. The number of rotatable bonds is 7. The molecule has 0 aliphatic carbocycles. The Morgan fingerprint density at radius 3 is 1.46 bits per heavy atom. The Labute approximate surface area is 293 Å². The molecule has 5 aromatic carbocycles. The molecule has 0 atom stereocenters. The van der Waals surface area contributed by atoms with Crippen LogP contribution in [0.2, 0.25) is 0 Å². The Balaban J connectivity index is 0.000000503. The van der Waals surface area contributed by atoms with E-state index >= 15 is 0 Å². The van der Waals surface area contributed by atoms with Crippen LogP contribution >= 0.6 is 34.4 Å². The Kier molecular flexibility index (Phi) is 14.8. The van der Waals surface area contributed by atoms with Crippen LogP contribution in [0.5, 0.6) is 0 Å². The molecule has 13 heteroatoms. The summed E-state index contributed by atoms with van der Waals surface area (Å²) in [6.45, 7) is 4.38. The third-order valence-electron chi connectivity index (χ3n) is 6.05. The molecule has 0 radical (unpaired) electrons. The zero-order valence-corrected chi connectivity index (χ0v) is 29.8. The lowest BCUT2D eigenvalue weighted by molar-refractivity contribution is -2.00. The normalized spacial score (nSPS) is 11.3. The van der Waals surface area contributed by atoms with Crippen molar-refractivity contribution in [1.29, 1.82) is 0 Å². The van der Waals surface area contributed by atoms with Crippen LogP contribution < -0.4 is 32.6 Å². The highest BCUT2D eigenvalue weighted by Crippen LogP contribution is 2.34. The van der Waals surface area contributed by atoms with E-state index in [-0.39, 0.29) is 10.9 Å². The lowest BCUT2D eigenvalue weighted by atomic mass is 10.0. The molecule has 0 saturated heterocycles. The van der Waals surface area contributed by atoms with Gasteiger partial charge in [-0.05, 0) is 120 Å². The van der Waals surface area contributed by atoms with Crippen molar-refractivity contribution in [2.45, 2.75) is 44.7 Å². The van der Waals surface area contributed by atoms with Crippen molar-refractivity contribution in [3.05, 3.63) is 147 Å². The van der Waals surface area contributed by atoms with E-state index in [4.69, 9.17) is 37.3 Å². The number of hydrogen-bond donors (Lipinski definition) is 1. The molecule has 0 saturated carbocycles. The van der Waals surface area contributed by atoms with Crippen LogP contribution in [0.1, 0.15) is 22.3 Å². The van der Waals surface area contributed by atoms with Gasteiger partial charge in [0.25, 0.3) is 0 Å². The van der Waals surface area contributed by atoms with E-state index in [1.807, 2.05) is 11.8 Å². The summed E-state index contributed by atoms with van der Waals surface area (Å²) in [6, 6.07) is 44.4. The maximum absolute atomic E-state index is 8.60. The molecule has 5 rings (SSSR count). The van der Waals surface area contributed by atoms with E-state index in [2.05, 4.69) is 158 Å². The molecule has 0 unspecified atom stereocenters. The third-order valence-corrected chi connectivity index (χ3v) is 10.8. The molecule has 0 aliphatic rings. The Bertz CT molecular complexity index is 1590. The summed E-state index contributed by atoms with van der Waals surface area (Å²) < 4.78 is 68.1. The molecule has 0 spiro atoms. The van der Waals surface area contributed by atoms with Gasteiger partial charge in [-0.1, -0.05) is 78.0 Å². The Morgan fingerprint density at radius 1 is 0.630 bits per heavy atom. The van der Waals surface area contributed by atoms with Gasteiger partial charge < -0.3 is 0 Å². The Hall–Kier alpha value is -2.21. The fourth-order valence-electron chi connectivity index (χ4n) is 4.36. The summed E-state index contributed by atoms with van der Waals surface area (Å²) in [4.78, 5) is 6.57. The van der Waals surface area contributed by atoms with E-state index in [0.29, 0.717) is 0 Å². The van der Waals surface area contributed by atoms with Crippen molar-refractivity contribution >= 4 is 45.2 Å². The summed E-state index contributed by atoms with van der Waals surface area (Å²) in [5.74, 6) is 0. The van der Waals surface area contributed by atoms with Crippen molar-refractivity contribution < 1.29 is 57.8 Å². The zero-order chi connectivity index (χ0) is 33.9. The molecule has 5 aromatic rings. The van der Waals surface area contributed by atoms with Gasteiger partial charge in [0, 0.05) is 13.4 Å². The summed E-state index contributed by atoms with van der Waals surface area (Å²) in [5, 5.41) is 0. The highest BCUT2D eigenvalue weighted by molar-refractivity contribution is 14.1. The van der Waals surface area contributed by atoms with Gasteiger partial charge in [0.2, 0.25) is 0 Å². The van der Waals surface area contributed by atoms with Gasteiger partial charge in [0.05, 0.1) is 25.8 Å². The first-order valence-electron chi connectivity index (χ1n) is 13.3. The standard InChI is InChI=1S/C33H28IS2.2ClHO4/c1-24-21-25(2)33(34)27(22-24)23-26-13-15-28(16-14-26)35-29-17-19-32(20-18-29)36(30-9-5-3-6-10-30)31-11-7-4-8-12-31;2*2-1(3,4)5/h3-22H,23H2,1-2H3;2*(H,2,3,4,5)/q+1;;/p-1. The molecule has 242 valence electrons. The van der Waals surface area contributed by atoms with Crippen LogP contribution in [0.4, 0.5) is 0 Å². The van der Waals surface area contributed by atoms with Crippen molar-refractivity contribution in [2.75, 3.05) is 0 Å². The topological polar surface area (TPSA) is 182 Å². The molecule has 0 aromatic heterocycles. The molecule has 0 bridgehead atoms. The largest absolute Gasteiger partial charge is 0.222 e. The number of hydrogen-bond acceptors (Lipinski definition) is 9. The predicted molar refractivity (Wildman–Crippen MR) is 166 cm³/mol. The fraction of sp³-hybridized carbons (Fsp3) is 0.0909. The van der Waals surface area contributed by atoms with Crippen molar-refractivity contribution in [1.82, 2.24) is 0 Å². The summed E-state index contributed by atoms with van der Waals surface area (Å²) in [5.41, 5.74) is 5.47. The van der Waals surface area contributed by atoms with Gasteiger partial charge >= 0.3 is 0 Å². The quantitative estimate of drug-likeness (QED) is 0.184. The fourth-order valence-corrected chi connectivity index (χ4v) is 7.77. The van der Waals surface area contributed by atoms with Crippen molar-refractivity contribution in [3.8, 4) is 0 Å². The van der Waals surface area contributed by atoms with Crippen LogP contribution in [0, 0.1) is 37.9 Å². The molecule has 1 N–H and O–H groups in total. The second-order valence-electron chi connectivity index (χ2n) is 9.66. The Morgan fingerprint density at radius 2 is 1.02 bits per heavy atom. The van der Waals surface area contributed by atoms with Crippen LogP contribution in [0.15, 0.2) is 146 Å². The minimum atomic E-state index is -4.94. The van der Waals surface area contributed by atoms with Crippen molar-refractivity contribution in [2.24, 2.45) is 0 Å². The number of halogens is 3. The highest BCUT2D eigenvalue weighted by Gasteiger charge is 2.28. The lowest BCUT2D eigenvalue weighted by Gasteiger charge is -2.17. The minimum Gasteiger partial charge on any atom is -0.222 e. The zero-order valence-electron chi connectivity index (χ0n) is 24.5. The second kappa shape index (κ2) is 17.8. The average Bonchev–Trinajstić information content (AvgIpc) is 2.97. The van der Waals surface area contributed by atoms with Gasteiger partial charge in [-0.2, -0.15) is 14.0 Å². The third kappa shape index (κ3) is 14.3. The van der Waals surface area contributed by atoms with E-state index < -0.39 is 20.5 Å². The monoisotopic (exact) mass is 814 g/mol. The van der Waals surface area contributed by atoms with Crippen LogP contribution in [-0.2, 0) is 17.3 Å². The van der Waals surface area contributed by atoms with E-state index in [0.717, 1.165) is 6.42 Å². The van der Waals surface area contributed by atoms with Crippen LogP contribution in [-0.4, -0.2) is 4.66 Å². The first kappa shape index (κ1) is 38.2. The van der Waals surface area contributed by atoms with Gasteiger partial charge in [0.1, 0.15) is 0 Å². The van der Waals surface area contributed by atoms with Gasteiger partial charge in [-0.25, -0.2) is 18.6 Å². The van der Waals surface area contributed by atoms with Crippen molar-refractivity contribution in [3.63, 3.8) is 0 Å². The van der Waals surface area contributed by atoms with E-state index in [1.54, 1.807) is 0 Å².